The molecule has 1 N–H and O–H groups in total. The molecule has 0 aliphatic carbocycles. The highest BCUT2D eigenvalue weighted by Crippen LogP contribution is 2.21. The van der Waals surface area contributed by atoms with Crippen molar-refractivity contribution in [3.05, 3.63) is 0 Å². The Morgan fingerprint density at radius 1 is 1.38 bits per heavy atom. The highest BCUT2D eigenvalue weighted by atomic mass is 32.2. The molecule has 80 valence electrons. The molecule has 0 aliphatic rings. The fraction of sp³-hybridized carbons (Fsp3) is 1.00. The smallest absolute Gasteiger partial charge is 0.242 e. The molecule has 0 aromatic rings. The molecule has 0 heterocycles. The highest BCUT2D eigenvalue weighted by Gasteiger charge is 2.38. The molecule has 0 fully saturated rings. The van der Waals surface area contributed by atoms with E-state index in [0.717, 1.165) is 0 Å². The van der Waals surface area contributed by atoms with Crippen molar-refractivity contribution < 1.29 is 18.8 Å². The molecule has 0 aromatic heterocycles. The van der Waals surface area contributed by atoms with Gasteiger partial charge in [0, 0.05) is 0 Å². The maximum Gasteiger partial charge on any atom is 0.404 e. The van der Waals surface area contributed by atoms with E-state index in [-0.39, 0.29) is 0 Å². The summed E-state index contributed by atoms with van der Waals surface area (Å²) in [5, 5.41) is 0. The Morgan fingerprint density at radius 3 is 2.00 bits per heavy atom. The molecule has 0 saturated carbocycles. The van der Waals surface area contributed by atoms with Crippen LogP contribution in [0.1, 0.15) is 29.1 Å². The van der Waals surface area contributed by atoms with Crippen LogP contribution in [0, 0.1) is 0 Å². The molecule has 1 unspecified atom stereocenters. The van der Waals surface area contributed by atoms with Gasteiger partial charge in [-0.05, 0) is 27.7 Å². The molecule has 0 rings (SSSR count). The largest absolute Gasteiger partial charge is 0.404 e. The van der Waals surface area contributed by atoms with Gasteiger partial charge in [-0.25, -0.2) is 8.93 Å². The van der Waals surface area contributed by atoms with Gasteiger partial charge in [0.15, 0.2) is 0 Å². The standard InChI is InChI=1S/C7H14F3NOS/c1-5(7(8,9)10)11-13(12)6(2,3)4/h5,11H,1-4H3/t5-,13?/m1/s1/i5D. The molecule has 0 radical (unpaired) electrons. The molecule has 0 saturated heterocycles. The minimum absolute atomic E-state index is 0.636. The van der Waals surface area contributed by atoms with Crippen LogP contribution in [-0.4, -0.2) is 21.2 Å². The SMILES string of the molecule is [2H][C@](C)(NS(=O)C(C)(C)C)C(F)(F)F. The van der Waals surface area contributed by atoms with E-state index in [1.165, 1.54) is 20.8 Å². The van der Waals surface area contributed by atoms with E-state index in [1.807, 2.05) is 0 Å². The van der Waals surface area contributed by atoms with Crippen LogP contribution in [0.4, 0.5) is 13.2 Å². The van der Waals surface area contributed by atoms with Gasteiger partial charge in [-0.3, -0.25) is 0 Å². The number of halogens is 3. The van der Waals surface area contributed by atoms with E-state index in [9.17, 15) is 17.4 Å². The normalized spacial score (nSPS) is 21.9. The van der Waals surface area contributed by atoms with E-state index in [1.54, 1.807) is 4.72 Å². The van der Waals surface area contributed by atoms with E-state index in [0.29, 0.717) is 6.92 Å². The lowest BCUT2D eigenvalue weighted by Crippen LogP contribution is -2.45. The zero-order valence-corrected chi connectivity index (χ0v) is 8.77. The summed E-state index contributed by atoms with van der Waals surface area (Å²) < 4.78 is 55.8. The van der Waals surface area contributed by atoms with Crippen molar-refractivity contribution >= 4 is 11.0 Å². The van der Waals surface area contributed by atoms with Crippen LogP contribution in [0.25, 0.3) is 0 Å². The summed E-state index contributed by atoms with van der Waals surface area (Å²) in [6.07, 6.45) is -4.74. The molecule has 13 heavy (non-hydrogen) atoms. The molecule has 6 heteroatoms. The Balaban J connectivity index is 4.62. The molecule has 0 spiro atoms. The molecule has 2 atom stereocenters. The van der Waals surface area contributed by atoms with Crippen molar-refractivity contribution in [2.45, 2.75) is 44.6 Å². The van der Waals surface area contributed by atoms with Crippen LogP contribution in [-0.2, 0) is 11.0 Å². The molecular formula is C7H14F3NOS. The van der Waals surface area contributed by atoms with E-state index in [4.69, 9.17) is 1.37 Å². The van der Waals surface area contributed by atoms with E-state index >= 15 is 0 Å². The van der Waals surface area contributed by atoms with E-state index < -0.39 is 27.9 Å². The Hall–Kier alpha value is -0.100. The predicted molar refractivity (Wildman–Crippen MR) is 46.5 cm³/mol. The van der Waals surface area contributed by atoms with Gasteiger partial charge in [-0.2, -0.15) is 13.2 Å². The molecule has 2 nitrogen and oxygen atoms in total. The number of alkyl halides is 3. The van der Waals surface area contributed by atoms with Crippen LogP contribution >= 0.6 is 0 Å². The Kier molecular flexibility index (Phi) is 3.34. The van der Waals surface area contributed by atoms with Crippen molar-refractivity contribution in [1.82, 2.24) is 4.72 Å². The first-order chi connectivity index (χ1) is 5.88. The number of hydrogen-bond donors (Lipinski definition) is 1. The van der Waals surface area contributed by atoms with Crippen molar-refractivity contribution in [3.63, 3.8) is 0 Å². The molecule has 0 amide bonds. The summed E-state index contributed by atoms with van der Waals surface area (Å²) in [5.74, 6) is 0. The van der Waals surface area contributed by atoms with Crippen molar-refractivity contribution in [3.8, 4) is 0 Å². The van der Waals surface area contributed by atoms with Gasteiger partial charge in [-0.1, -0.05) is 0 Å². The van der Waals surface area contributed by atoms with Crippen molar-refractivity contribution in [1.29, 1.82) is 0 Å². The van der Waals surface area contributed by atoms with Gasteiger partial charge >= 0.3 is 6.18 Å². The summed E-state index contributed by atoms with van der Waals surface area (Å²) >= 11 is 0. The lowest BCUT2D eigenvalue weighted by Gasteiger charge is -2.23. The summed E-state index contributed by atoms with van der Waals surface area (Å²) in [6.45, 7) is 5.23. The van der Waals surface area contributed by atoms with Gasteiger partial charge in [0.1, 0.15) is 6.02 Å². The molecular weight excluding hydrogens is 203 g/mol. The zero-order valence-electron chi connectivity index (χ0n) is 8.95. The summed E-state index contributed by atoms with van der Waals surface area (Å²) in [6, 6.07) is -2.88. The van der Waals surface area contributed by atoms with Gasteiger partial charge in [0.25, 0.3) is 0 Å². The Morgan fingerprint density at radius 2 is 1.77 bits per heavy atom. The molecule has 0 bridgehead atoms. The third-order valence-corrected chi connectivity index (χ3v) is 2.83. The quantitative estimate of drug-likeness (QED) is 0.754. The maximum absolute atomic E-state index is 12.2. The number of hydrogen-bond acceptors (Lipinski definition) is 1. The molecule has 0 aromatic carbocycles. The first-order valence-corrected chi connectivity index (χ1v) is 4.79. The predicted octanol–water partition coefficient (Wildman–Crippen LogP) is 1.99. The second-order valence-corrected chi connectivity index (χ2v) is 5.57. The maximum atomic E-state index is 12.2. The molecule has 0 aliphatic heterocycles. The van der Waals surface area contributed by atoms with Crippen LogP contribution in [0.5, 0.6) is 0 Å². The Bertz CT molecular complexity index is 234. The first-order valence-electron chi connectivity index (χ1n) is 4.14. The average Bonchev–Trinajstić information content (AvgIpc) is 1.80. The zero-order chi connectivity index (χ0) is 11.8. The highest BCUT2D eigenvalue weighted by molar-refractivity contribution is 7.84. The van der Waals surface area contributed by atoms with Crippen LogP contribution < -0.4 is 4.72 Å². The topological polar surface area (TPSA) is 29.1 Å². The minimum atomic E-state index is -4.74. The van der Waals surface area contributed by atoms with Gasteiger partial charge in [0.05, 0.1) is 17.1 Å². The monoisotopic (exact) mass is 218 g/mol. The first kappa shape index (κ1) is 11.0. The van der Waals surface area contributed by atoms with Gasteiger partial charge < -0.3 is 0 Å². The Labute approximate surface area is 79.9 Å². The van der Waals surface area contributed by atoms with Crippen LogP contribution in [0.15, 0.2) is 0 Å². The average molecular weight is 218 g/mol. The number of rotatable bonds is 2. The lowest BCUT2D eigenvalue weighted by molar-refractivity contribution is -0.146. The second kappa shape index (κ2) is 3.96. The third-order valence-electron chi connectivity index (χ3n) is 1.23. The van der Waals surface area contributed by atoms with E-state index in [2.05, 4.69) is 0 Å². The summed E-state index contributed by atoms with van der Waals surface area (Å²) in [4.78, 5) is 0. The van der Waals surface area contributed by atoms with Crippen LogP contribution in [0.3, 0.4) is 0 Å². The van der Waals surface area contributed by atoms with Crippen molar-refractivity contribution in [2.75, 3.05) is 0 Å². The summed E-state index contributed by atoms with van der Waals surface area (Å²) in [7, 11) is -1.91. The van der Waals surface area contributed by atoms with Gasteiger partial charge in [-0.15, -0.1) is 0 Å². The minimum Gasteiger partial charge on any atom is -0.242 e. The third kappa shape index (κ3) is 4.61. The fourth-order valence-electron chi connectivity index (χ4n) is 0.350. The van der Waals surface area contributed by atoms with Gasteiger partial charge in [0.2, 0.25) is 0 Å². The fourth-order valence-corrected chi connectivity index (χ4v) is 1.05. The van der Waals surface area contributed by atoms with Crippen LogP contribution in [0.2, 0.25) is 0 Å². The summed E-state index contributed by atoms with van der Waals surface area (Å²) in [5.41, 5.74) is 0. The lowest BCUT2D eigenvalue weighted by atomic mass is 10.3. The van der Waals surface area contributed by atoms with Crippen molar-refractivity contribution in [2.24, 2.45) is 0 Å². The number of nitrogens with one attached hydrogen (secondary N) is 1. The second-order valence-electron chi connectivity index (χ2n) is 3.61.